The van der Waals surface area contributed by atoms with Crippen molar-refractivity contribution in [3.8, 4) is 16.9 Å². The third-order valence-electron chi connectivity index (χ3n) is 6.41. The first-order chi connectivity index (χ1) is 14.8. The summed E-state index contributed by atoms with van der Waals surface area (Å²) in [5, 5.41) is 0.730. The second-order valence-electron chi connectivity index (χ2n) is 9.68. The van der Waals surface area contributed by atoms with Crippen molar-refractivity contribution < 1.29 is 14.3 Å². The molecule has 0 saturated carbocycles. The Morgan fingerprint density at radius 1 is 1.19 bits per heavy atom. The summed E-state index contributed by atoms with van der Waals surface area (Å²) in [5.74, 6) is 1.17. The van der Waals surface area contributed by atoms with Crippen molar-refractivity contribution >= 4 is 23.4 Å². The van der Waals surface area contributed by atoms with Crippen molar-refractivity contribution in [2.24, 2.45) is 0 Å². The highest BCUT2D eigenvalue weighted by molar-refractivity contribution is 6.33. The van der Waals surface area contributed by atoms with E-state index >= 15 is 0 Å². The van der Waals surface area contributed by atoms with Crippen LogP contribution in [0.1, 0.15) is 45.1 Å². The fraction of sp³-hybridized carbons (Fsp3) is 0.480. The van der Waals surface area contributed by atoms with E-state index in [-0.39, 0.29) is 12.0 Å². The largest absolute Gasteiger partial charge is 0.491 e. The highest BCUT2D eigenvalue weighted by Crippen LogP contribution is 2.52. The molecule has 0 N–H and O–H groups in total. The van der Waals surface area contributed by atoms with Crippen LogP contribution in [0.4, 0.5) is 10.5 Å². The van der Waals surface area contributed by atoms with Crippen molar-refractivity contribution in [1.29, 1.82) is 0 Å². The van der Waals surface area contributed by atoms with Crippen LogP contribution in [0.5, 0.6) is 5.75 Å². The summed E-state index contributed by atoms with van der Waals surface area (Å²) >= 11 is 6.52. The van der Waals surface area contributed by atoms with Gasteiger partial charge in [-0.25, -0.2) is 4.79 Å². The average molecular weight is 441 g/mol. The number of rotatable bonds is 1. The third-order valence-corrected chi connectivity index (χ3v) is 6.73. The Morgan fingerprint density at radius 3 is 2.77 bits per heavy atom. The second kappa shape index (κ2) is 7.63. The van der Waals surface area contributed by atoms with Crippen LogP contribution in [-0.2, 0) is 4.74 Å². The lowest BCUT2D eigenvalue weighted by Crippen LogP contribution is -2.49. The molecule has 164 valence electrons. The standard InChI is InChI=1S/C25H29ClN2O3/c1-25(2,3)31-24(29)27-11-9-21-19(15-27)18-13-16(17-7-4-5-8-20(17)26)14-22-23(18)28(21)10-6-12-30-22/h4-5,7-8,13-14,19,21H,6,9-12,15H2,1-3H3/t19-,21-/m0/s1. The monoisotopic (exact) mass is 440 g/mol. The number of hydrogen-bond donors (Lipinski definition) is 0. The van der Waals surface area contributed by atoms with Crippen molar-refractivity contribution in [3.63, 3.8) is 0 Å². The summed E-state index contributed by atoms with van der Waals surface area (Å²) in [5.41, 5.74) is 4.04. The van der Waals surface area contributed by atoms with E-state index in [1.54, 1.807) is 0 Å². The Labute approximate surface area is 188 Å². The van der Waals surface area contributed by atoms with E-state index < -0.39 is 5.60 Å². The van der Waals surface area contributed by atoms with Gasteiger partial charge < -0.3 is 19.3 Å². The maximum Gasteiger partial charge on any atom is 0.410 e. The number of likely N-dealkylation sites (tertiary alicyclic amines) is 1. The van der Waals surface area contributed by atoms with Crippen LogP contribution >= 0.6 is 11.6 Å². The minimum Gasteiger partial charge on any atom is -0.491 e. The summed E-state index contributed by atoms with van der Waals surface area (Å²) < 4.78 is 11.9. The average Bonchev–Trinajstić information content (AvgIpc) is 2.87. The first-order valence-corrected chi connectivity index (χ1v) is 11.5. The van der Waals surface area contributed by atoms with Gasteiger partial charge in [-0.3, -0.25) is 0 Å². The molecule has 2 aromatic carbocycles. The summed E-state index contributed by atoms with van der Waals surface area (Å²) in [6.45, 7) is 8.82. The molecular formula is C25H29ClN2O3. The smallest absolute Gasteiger partial charge is 0.410 e. The SMILES string of the molecule is CC(C)(C)OC(=O)N1CC[C@H]2[C@@H](C1)c1cc(-c3ccccc3Cl)cc3c1N2CCCO3. The van der Waals surface area contributed by atoms with Gasteiger partial charge in [0.25, 0.3) is 0 Å². The zero-order valence-corrected chi connectivity index (χ0v) is 19.1. The number of ether oxygens (including phenoxy) is 2. The fourth-order valence-corrected chi connectivity index (χ4v) is 5.40. The number of carbonyl (C=O) groups excluding carboxylic acids is 1. The van der Waals surface area contributed by atoms with Crippen LogP contribution in [0.3, 0.4) is 0 Å². The van der Waals surface area contributed by atoms with Gasteiger partial charge in [0.2, 0.25) is 0 Å². The highest BCUT2D eigenvalue weighted by atomic mass is 35.5. The van der Waals surface area contributed by atoms with E-state index in [1.807, 2.05) is 49.9 Å². The van der Waals surface area contributed by atoms with E-state index in [9.17, 15) is 4.79 Å². The number of carbonyl (C=O) groups is 1. The molecule has 0 unspecified atom stereocenters. The first-order valence-electron chi connectivity index (χ1n) is 11.1. The number of piperidine rings is 1. The first kappa shape index (κ1) is 20.5. The number of benzene rings is 2. The molecule has 5 nitrogen and oxygen atoms in total. The summed E-state index contributed by atoms with van der Waals surface area (Å²) in [6.07, 6.45) is 1.70. The molecule has 1 fully saturated rings. The lowest BCUT2D eigenvalue weighted by molar-refractivity contribution is 0.0189. The Balaban J connectivity index is 1.54. The minimum atomic E-state index is -0.493. The van der Waals surface area contributed by atoms with E-state index in [1.165, 1.54) is 11.3 Å². The van der Waals surface area contributed by atoms with Crippen LogP contribution in [0.15, 0.2) is 36.4 Å². The summed E-state index contributed by atoms with van der Waals surface area (Å²) in [7, 11) is 0. The van der Waals surface area contributed by atoms with Gasteiger partial charge in [-0.1, -0.05) is 29.8 Å². The molecular weight excluding hydrogens is 412 g/mol. The zero-order valence-electron chi connectivity index (χ0n) is 18.4. The van der Waals surface area contributed by atoms with Gasteiger partial charge in [-0.05, 0) is 62.9 Å². The molecule has 6 heteroatoms. The van der Waals surface area contributed by atoms with Crippen molar-refractivity contribution in [1.82, 2.24) is 4.90 Å². The van der Waals surface area contributed by atoms with E-state index in [0.29, 0.717) is 19.1 Å². The zero-order chi connectivity index (χ0) is 21.8. The second-order valence-corrected chi connectivity index (χ2v) is 10.1. The third kappa shape index (κ3) is 3.73. The quantitative estimate of drug-likeness (QED) is 0.570. The Kier molecular flexibility index (Phi) is 5.04. The molecule has 3 heterocycles. The van der Waals surface area contributed by atoms with Crippen LogP contribution in [0.2, 0.25) is 5.02 Å². The summed E-state index contributed by atoms with van der Waals surface area (Å²) in [6, 6.07) is 12.7. The van der Waals surface area contributed by atoms with Crippen molar-refractivity contribution in [2.75, 3.05) is 31.1 Å². The van der Waals surface area contributed by atoms with Crippen LogP contribution in [0, 0.1) is 0 Å². The predicted molar refractivity (Wildman–Crippen MR) is 123 cm³/mol. The highest BCUT2D eigenvalue weighted by Gasteiger charge is 2.45. The van der Waals surface area contributed by atoms with Crippen molar-refractivity contribution in [3.05, 3.63) is 47.0 Å². The number of fused-ring (bicyclic) bond motifs is 3. The fourth-order valence-electron chi connectivity index (χ4n) is 5.15. The maximum atomic E-state index is 12.8. The number of anilines is 1. The van der Waals surface area contributed by atoms with Crippen LogP contribution in [0.25, 0.3) is 11.1 Å². The topological polar surface area (TPSA) is 42.0 Å². The van der Waals surface area contributed by atoms with Gasteiger partial charge in [-0.15, -0.1) is 0 Å². The molecule has 5 rings (SSSR count). The molecule has 3 aliphatic rings. The normalized spacial score (nSPS) is 22.3. The van der Waals surface area contributed by atoms with E-state index in [4.69, 9.17) is 21.1 Å². The maximum absolute atomic E-state index is 12.8. The molecule has 0 spiro atoms. The molecule has 2 atom stereocenters. The molecule has 0 bridgehead atoms. The lowest BCUT2D eigenvalue weighted by atomic mass is 9.87. The number of halogens is 1. The molecule has 2 aromatic rings. The summed E-state index contributed by atoms with van der Waals surface area (Å²) in [4.78, 5) is 17.2. The Bertz CT molecular complexity index is 1020. The van der Waals surface area contributed by atoms with Gasteiger partial charge in [0.1, 0.15) is 11.4 Å². The number of hydrogen-bond acceptors (Lipinski definition) is 4. The molecule has 0 aromatic heterocycles. The number of nitrogens with zero attached hydrogens (tertiary/aromatic N) is 2. The van der Waals surface area contributed by atoms with E-state index in [2.05, 4.69) is 17.0 Å². The van der Waals surface area contributed by atoms with Gasteiger partial charge in [0.05, 0.1) is 12.3 Å². The van der Waals surface area contributed by atoms with Crippen LogP contribution < -0.4 is 9.64 Å². The lowest BCUT2D eigenvalue weighted by Gasteiger charge is -2.39. The van der Waals surface area contributed by atoms with E-state index in [0.717, 1.165) is 47.9 Å². The number of amides is 1. The Hall–Kier alpha value is -2.40. The van der Waals surface area contributed by atoms with Gasteiger partial charge in [-0.2, -0.15) is 0 Å². The van der Waals surface area contributed by atoms with Gasteiger partial charge in [0, 0.05) is 42.2 Å². The van der Waals surface area contributed by atoms with Crippen LogP contribution in [-0.4, -0.2) is 48.9 Å². The molecule has 0 aliphatic carbocycles. The van der Waals surface area contributed by atoms with Gasteiger partial charge >= 0.3 is 6.09 Å². The Morgan fingerprint density at radius 2 is 2.00 bits per heavy atom. The van der Waals surface area contributed by atoms with Crippen molar-refractivity contribution in [2.45, 2.75) is 51.2 Å². The molecule has 3 aliphatic heterocycles. The van der Waals surface area contributed by atoms with Gasteiger partial charge in [0.15, 0.2) is 0 Å². The molecule has 1 saturated heterocycles. The molecule has 0 radical (unpaired) electrons. The minimum absolute atomic E-state index is 0.225. The molecule has 1 amide bonds. The molecule has 31 heavy (non-hydrogen) atoms. The predicted octanol–water partition coefficient (Wildman–Crippen LogP) is 5.70.